The molecule has 0 aromatic heterocycles. The van der Waals surface area contributed by atoms with E-state index >= 15 is 0 Å². The van der Waals surface area contributed by atoms with Gasteiger partial charge in [-0.15, -0.1) is 0 Å². The lowest BCUT2D eigenvalue weighted by Gasteiger charge is -2.23. The van der Waals surface area contributed by atoms with Crippen LogP contribution in [-0.2, 0) is 6.54 Å². The van der Waals surface area contributed by atoms with Crippen molar-refractivity contribution < 1.29 is 4.48 Å². The first-order valence-corrected chi connectivity index (χ1v) is 4.12. The van der Waals surface area contributed by atoms with Crippen LogP contribution in [0.4, 0.5) is 5.69 Å². The Morgan fingerprint density at radius 2 is 1.58 bits per heavy atom. The predicted molar refractivity (Wildman–Crippen MR) is 52.6 cm³/mol. The van der Waals surface area contributed by atoms with Crippen molar-refractivity contribution in [1.29, 1.82) is 0 Å². The Morgan fingerprint density at radius 1 is 1.08 bits per heavy atom. The number of hydrogen-bond acceptors (Lipinski definition) is 1. The van der Waals surface area contributed by atoms with E-state index in [2.05, 4.69) is 33.3 Å². The van der Waals surface area contributed by atoms with E-state index in [0.29, 0.717) is 0 Å². The molecule has 0 atom stereocenters. The number of nitrogens with two attached hydrogens (primary N) is 1. The molecule has 1 aromatic carbocycles. The Morgan fingerprint density at radius 3 is 2.00 bits per heavy atom. The van der Waals surface area contributed by atoms with Crippen LogP contribution in [0.15, 0.2) is 24.3 Å². The standard InChI is InChI=1S/C10H17N2/c1-12(2,3)8-9-4-6-10(11)7-5-9/h4-7H,8,11H2,1-3H3/q+1. The summed E-state index contributed by atoms with van der Waals surface area (Å²) >= 11 is 0. The molecule has 2 N–H and O–H groups in total. The zero-order valence-electron chi connectivity index (χ0n) is 8.04. The second kappa shape index (κ2) is 3.15. The minimum Gasteiger partial charge on any atom is -0.399 e. The van der Waals surface area contributed by atoms with E-state index in [1.165, 1.54) is 5.56 Å². The molecule has 0 aliphatic carbocycles. The first-order chi connectivity index (χ1) is 5.47. The van der Waals surface area contributed by atoms with Crippen LogP contribution in [0.2, 0.25) is 0 Å². The van der Waals surface area contributed by atoms with Gasteiger partial charge in [-0.2, -0.15) is 0 Å². The molecule has 0 spiro atoms. The molecule has 66 valence electrons. The summed E-state index contributed by atoms with van der Waals surface area (Å²) in [5.74, 6) is 0. The van der Waals surface area contributed by atoms with Crippen molar-refractivity contribution in [3.8, 4) is 0 Å². The van der Waals surface area contributed by atoms with Gasteiger partial charge in [0.15, 0.2) is 0 Å². The number of quaternary nitrogens is 1. The fourth-order valence-corrected chi connectivity index (χ4v) is 1.17. The third-order valence-electron chi connectivity index (χ3n) is 1.64. The third-order valence-corrected chi connectivity index (χ3v) is 1.64. The Balaban J connectivity index is 2.71. The van der Waals surface area contributed by atoms with E-state index in [1.807, 2.05) is 12.1 Å². The summed E-state index contributed by atoms with van der Waals surface area (Å²) in [7, 11) is 6.53. The summed E-state index contributed by atoms with van der Waals surface area (Å²) < 4.78 is 0.948. The first-order valence-electron chi connectivity index (χ1n) is 4.12. The summed E-state index contributed by atoms with van der Waals surface area (Å²) in [6.45, 7) is 1.04. The van der Waals surface area contributed by atoms with Crippen molar-refractivity contribution in [3.05, 3.63) is 29.8 Å². The van der Waals surface area contributed by atoms with Crippen molar-refractivity contribution in [1.82, 2.24) is 0 Å². The second-order valence-corrected chi connectivity index (χ2v) is 4.19. The van der Waals surface area contributed by atoms with E-state index < -0.39 is 0 Å². The number of rotatable bonds is 2. The van der Waals surface area contributed by atoms with Gasteiger partial charge in [0, 0.05) is 11.3 Å². The van der Waals surface area contributed by atoms with Gasteiger partial charge < -0.3 is 10.2 Å². The second-order valence-electron chi connectivity index (χ2n) is 4.19. The van der Waals surface area contributed by atoms with E-state index in [-0.39, 0.29) is 0 Å². The van der Waals surface area contributed by atoms with E-state index in [1.54, 1.807) is 0 Å². The molecule has 0 bridgehead atoms. The van der Waals surface area contributed by atoms with E-state index in [9.17, 15) is 0 Å². The number of nitrogen functional groups attached to an aromatic ring is 1. The van der Waals surface area contributed by atoms with Gasteiger partial charge in [-0.1, -0.05) is 12.1 Å². The Hall–Kier alpha value is -1.02. The molecule has 0 aliphatic heterocycles. The highest BCUT2D eigenvalue weighted by Gasteiger charge is 2.07. The molecule has 12 heavy (non-hydrogen) atoms. The number of anilines is 1. The summed E-state index contributed by atoms with van der Waals surface area (Å²) in [6.07, 6.45) is 0. The molecule has 0 saturated carbocycles. The number of hydrogen-bond donors (Lipinski definition) is 1. The number of benzene rings is 1. The maximum atomic E-state index is 5.59. The highest BCUT2D eigenvalue weighted by Crippen LogP contribution is 2.09. The SMILES string of the molecule is C[N+](C)(C)Cc1ccc(N)cc1. The normalized spacial score (nSPS) is 11.6. The molecule has 0 unspecified atom stereocenters. The minimum absolute atomic E-state index is 0.833. The Kier molecular flexibility index (Phi) is 2.38. The van der Waals surface area contributed by atoms with Crippen molar-refractivity contribution in [3.63, 3.8) is 0 Å². The van der Waals surface area contributed by atoms with Gasteiger partial charge in [0.2, 0.25) is 0 Å². The van der Waals surface area contributed by atoms with Gasteiger partial charge in [0.05, 0.1) is 21.1 Å². The number of nitrogens with zero attached hydrogens (tertiary/aromatic N) is 1. The highest BCUT2D eigenvalue weighted by molar-refractivity contribution is 5.38. The molecule has 1 rings (SSSR count). The van der Waals surface area contributed by atoms with E-state index in [0.717, 1.165) is 16.7 Å². The molecule has 0 radical (unpaired) electrons. The Labute approximate surface area is 74.2 Å². The molecule has 2 heteroatoms. The summed E-state index contributed by atoms with van der Waals surface area (Å²) in [4.78, 5) is 0. The minimum atomic E-state index is 0.833. The van der Waals surface area contributed by atoms with Crippen LogP contribution in [0.1, 0.15) is 5.56 Å². The van der Waals surface area contributed by atoms with Crippen LogP contribution in [0.3, 0.4) is 0 Å². The third kappa shape index (κ3) is 2.93. The maximum Gasteiger partial charge on any atom is 0.104 e. The topological polar surface area (TPSA) is 26.0 Å². The van der Waals surface area contributed by atoms with Gasteiger partial charge in [0.1, 0.15) is 6.54 Å². The lowest BCUT2D eigenvalue weighted by atomic mass is 10.2. The van der Waals surface area contributed by atoms with Crippen LogP contribution in [0.5, 0.6) is 0 Å². The molecule has 0 aliphatic rings. The van der Waals surface area contributed by atoms with Crippen molar-refractivity contribution in [2.24, 2.45) is 0 Å². The van der Waals surface area contributed by atoms with E-state index in [4.69, 9.17) is 5.73 Å². The zero-order valence-corrected chi connectivity index (χ0v) is 8.04. The molecule has 0 fully saturated rings. The Bertz CT molecular complexity index is 244. The smallest absolute Gasteiger partial charge is 0.104 e. The van der Waals surface area contributed by atoms with Crippen molar-refractivity contribution in [2.45, 2.75) is 6.54 Å². The lowest BCUT2D eigenvalue weighted by molar-refractivity contribution is -0.884. The molecule has 1 aromatic rings. The summed E-state index contributed by atoms with van der Waals surface area (Å²) in [6, 6.07) is 8.06. The first kappa shape index (κ1) is 9.07. The molecule has 0 amide bonds. The van der Waals surface area contributed by atoms with Crippen LogP contribution in [0, 0.1) is 0 Å². The van der Waals surface area contributed by atoms with Gasteiger partial charge in [-0.05, 0) is 12.1 Å². The quantitative estimate of drug-likeness (QED) is 0.521. The van der Waals surface area contributed by atoms with Gasteiger partial charge in [0.25, 0.3) is 0 Å². The molecular weight excluding hydrogens is 148 g/mol. The van der Waals surface area contributed by atoms with Gasteiger partial charge in [-0.25, -0.2) is 0 Å². The summed E-state index contributed by atoms with van der Waals surface area (Å²) in [5, 5.41) is 0. The van der Waals surface area contributed by atoms with Gasteiger partial charge in [-0.3, -0.25) is 0 Å². The fraction of sp³-hybridized carbons (Fsp3) is 0.400. The highest BCUT2D eigenvalue weighted by atomic mass is 15.3. The predicted octanol–water partition coefficient (Wildman–Crippen LogP) is 1.48. The largest absolute Gasteiger partial charge is 0.399 e. The van der Waals surface area contributed by atoms with Crippen molar-refractivity contribution >= 4 is 5.69 Å². The maximum absolute atomic E-state index is 5.59. The van der Waals surface area contributed by atoms with Crippen molar-refractivity contribution in [2.75, 3.05) is 26.9 Å². The molecule has 0 saturated heterocycles. The summed E-state index contributed by atoms with van der Waals surface area (Å²) in [5.41, 5.74) is 7.75. The van der Waals surface area contributed by atoms with Crippen LogP contribution in [0.25, 0.3) is 0 Å². The monoisotopic (exact) mass is 165 g/mol. The fourth-order valence-electron chi connectivity index (χ4n) is 1.17. The molecule has 0 heterocycles. The van der Waals surface area contributed by atoms with Crippen LogP contribution >= 0.6 is 0 Å². The lowest BCUT2D eigenvalue weighted by Crippen LogP contribution is -2.33. The average molecular weight is 165 g/mol. The molecule has 2 nitrogen and oxygen atoms in total. The molecular formula is C10H17N2+. The average Bonchev–Trinajstić information content (AvgIpc) is 1.91. The van der Waals surface area contributed by atoms with Crippen LogP contribution in [-0.4, -0.2) is 25.6 Å². The van der Waals surface area contributed by atoms with Gasteiger partial charge >= 0.3 is 0 Å². The van der Waals surface area contributed by atoms with Crippen LogP contribution < -0.4 is 5.73 Å². The zero-order chi connectivity index (χ0) is 9.19.